The number of aromatic amines is 1. The molecule has 1 aromatic heterocycles. The van der Waals surface area contributed by atoms with Crippen molar-refractivity contribution >= 4 is 70.1 Å². The van der Waals surface area contributed by atoms with Gasteiger partial charge in [-0.2, -0.15) is 0 Å². The van der Waals surface area contributed by atoms with Crippen LogP contribution in [0.15, 0.2) is 94.0 Å². The van der Waals surface area contributed by atoms with Crippen molar-refractivity contribution in [2.75, 3.05) is 32.7 Å². The largest absolute Gasteiger partial charge is 0.508 e. The van der Waals surface area contributed by atoms with Crippen LogP contribution in [0.2, 0.25) is 0 Å². The van der Waals surface area contributed by atoms with Crippen molar-refractivity contribution < 1.29 is 43.8 Å². The summed E-state index contributed by atoms with van der Waals surface area (Å²) in [7, 11) is 0. The van der Waals surface area contributed by atoms with Gasteiger partial charge in [0.05, 0.1) is 5.92 Å². The highest BCUT2D eigenvalue weighted by molar-refractivity contribution is 5.98. The molecule has 1 saturated heterocycles. The summed E-state index contributed by atoms with van der Waals surface area (Å²) < 4.78 is 0. The minimum absolute atomic E-state index is 0.0287. The fourth-order valence-electron chi connectivity index (χ4n) is 8.94. The second-order valence-corrected chi connectivity index (χ2v) is 19.5. The zero-order valence-electron chi connectivity index (χ0n) is 44.5. The average Bonchev–Trinajstić information content (AvgIpc) is 3.83. The van der Waals surface area contributed by atoms with Gasteiger partial charge in [0, 0.05) is 62.5 Å². The first kappa shape index (κ1) is 61.7. The second kappa shape index (κ2) is 31.3. The number of hydrogen-bond donors (Lipinski definition) is 17. The fraction of sp³-hybridized carbons (Fsp3) is 0.434. The number of rotatable bonds is 31. The number of para-hydroxylation sites is 1. The predicted molar refractivity (Wildman–Crippen MR) is 302 cm³/mol. The van der Waals surface area contributed by atoms with E-state index in [1.54, 1.807) is 24.4 Å². The number of phenolic OH excluding ortho intramolecular Hbond substituents is 2. The zero-order valence-corrected chi connectivity index (χ0v) is 44.5. The molecule has 4 aromatic rings. The number of benzene rings is 3. The molecule has 24 N–H and O–H groups in total. The molecule has 27 heteroatoms. The first-order chi connectivity index (χ1) is 38.3. The van der Waals surface area contributed by atoms with Gasteiger partial charge >= 0.3 is 0 Å². The van der Waals surface area contributed by atoms with Crippen molar-refractivity contribution in [3.63, 3.8) is 0 Å². The quantitative estimate of drug-likeness (QED) is 0.0137. The minimum atomic E-state index is -1.48. The maximum Gasteiger partial charge on any atom is 0.243 e. The van der Waals surface area contributed by atoms with Gasteiger partial charge in [-0.1, -0.05) is 42.5 Å². The lowest BCUT2D eigenvalue weighted by atomic mass is 9.97. The van der Waals surface area contributed by atoms with Crippen molar-refractivity contribution in [1.29, 1.82) is 0 Å². The first-order valence-electron chi connectivity index (χ1n) is 26.4. The molecule has 1 fully saturated rings. The Morgan fingerprint density at radius 2 is 0.938 bits per heavy atom. The van der Waals surface area contributed by atoms with Crippen LogP contribution in [0.4, 0.5) is 0 Å². The van der Waals surface area contributed by atoms with Crippen molar-refractivity contribution in [1.82, 2.24) is 42.2 Å². The van der Waals surface area contributed by atoms with Crippen LogP contribution in [0.3, 0.4) is 0 Å². The summed E-state index contributed by atoms with van der Waals surface area (Å²) in [6.45, 7) is 1.47. The number of aromatic nitrogens is 1. The van der Waals surface area contributed by atoms with Gasteiger partial charge in [0.25, 0.3) is 0 Å². The lowest BCUT2D eigenvalue weighted by Crippen LogP contribution is -2.60. The van der Waals surface area contributed by atoms with Gasteiger partial charge in [0.2, 0.25) is 41.4 Å². The van der Waals surface area contributed by atoms with Crippen LogP contribution in [-0.4, -0.2) is 143 Å². The number of nitrogens with two attached hydrogens (primary N) is 7. The van der Waals surface area contributed by atoms with Gasteiger partial charge in [-0.3, -0.25) is 48.5 Å². The molecule has 0 aliphatic carbocycles. The van der Waals surface area contributed by atoms with Crippen LogP contribution in [0.25, 0.3) is 10.9 Å². The zero-order chi connectivity index (χ0) is 58.1. The molecule has 80 heavy (non-hydrogen) atoms. The molecule has 1 unspecified atom stereocenters. The van der Waals surface area contributed by atoms with E-state index in [9.17, 15) is 43.8 Å². The smallest absolute Gasteiger partial charge is 0.243 e. The Kier molecular flexibility index (Phi) is 24.2. The van der Waals surface area contributed by atoms with Crippen LogP contribution in [0, 0.1) is 5.92 Å². The summed E-state index contributed by atoms with van der Waals surface area (Å²) >= 11 is 0. The van der Waals surface area contributed by atoms with Gasteiger partial charge < -0.3 is 92.6 Å². The number of aliphatic imine (C=N–C) groups is 3. The van der Waals surface area contributed by atoms with Crippen molar-refractivity contribution in [3.05, 3.63) is 95.7 Å². The van der Waals surface area contributed by atoms with E-state index >= 15 is 0 Å². The van der Waals surface area contributed by atoms with Crippen molar-refractivity contribution in [2.24, 2.45) is 61.0 Å². The average molecular weight is 1110 g/mol. The highest BCUT2D eigenvalue weighted by Gasteiger charge is 2.35. The number of carbonyl (C=O) groups is 7. The summed E-state index contributed by atoms with van der Waals surface area (Å²) in [5.41, 5.74) is 41.3. The van der Waals surface area contributed by atoms with E-state index in [-0.39, 0.29) is 113 Å². The Morgan fingerprint density at radius 1 is 0.525 bits per heavy atom. The van der Waals surface area contributed by atoms with E-state index in [1.807, 2.05) is 18.2 Å². The topological polar surface area (TPSA) is 479 Å². The summed E-state index contributed by atoms with van der Waals surface area (Å²) in [5, 5.41) is 40.7. The third-order valence-electron chi connectivity index (χ3n) is 13.2. The predicted octanol–water partition coefficient (Wildman–Crippen LogP) is -2.84. The fourth-order valence-corrected chi connectivity index (χ4v) is 8.94. The van der Waals surface area contributed by atoms with E-state index in [0.29, 0.717) is 29.7 Å². The molecular formula is C53H76N18O9. The minimum Gasteiger partial charge on any atom is -0.508 e. The van der Waals surface area contributed by atoms with Gasteiger partial charge in [0.15, 0.2) is 17.9 Å². The Bertz CT molecular complexity index is 2800. The van der Waals surface area contributed by atoms with E-state index in [2.05, 4.69) is 57.2 Å². The van der Waals surface area contributed by atoms with Crippen LogP contribution in [-0.2, 0) is 52.8 Å². The van der Waals surface area contributed by atoms with Crippen LogP contribution in [0.1, 0.15) is 68.1 Å². The molecule has 2 heterocycles. The molecule has 0 radical (unpaired) electrons. The molecular weight excluding hydrogens is 1030 g/mol. The number of phenols is 2. The molecule has 7 atom stereocenters. The molecule has 3 aromatic carbocycles. The van der Waals surface area contributed by atoms with E-state index in [0.717, 1.165) is 23.9 Å². The molecule has 1 aliphatic rings. The first-order valence-corrected chi connectivity index (χ1v) is 26.4. The lowest BCUT2D eigenvalue weighted by molar-refractivity contribution is -0.135. The molecule has 0 spiro atoms. The molecule has 5 rings (SSSR count). The van der Waals surface area contributed by atoms with Crippen molar-refractivity contribution in [2.45, 2.75) is 107 Å². The van der Waals surface area contributed by atoms with Crippen LogP contribution < -0.4 is 77.4 Å². The SMILES string of the molecule is NC(=O)[C@H](CCCN=C(N)N)NC(=O)[C@H](Cc1c[nH]c2ccccc12)NC(=O)[C@H](CCCN=C(N)N)NC(=O)[C@H](Cc1ccc(O)cc1)NC(=O)[C@H](Cc1ccc(O)cc1)NC(=O)[C@H](CCCN=C(N)N)NC(=O)C1CCCNC1. The van der Waals surface area contributed by atoms with Gasteiger partial charge in [0.1, 0.15) is 47.8 Å². The molecule has 1 aliphatic heterocycles. The second-order valence-electron chi connectivity index (χ2n) is 19.5. The number of H-pyrrole nitrogens is 1. The van der Waals surface area contributed by atoms with Gasteiger partial charge in [-0.15, -0.1) is 0 Å². The normalized spacial score (nSPS) is 15.2. The summed E-state index contributed by atoms with van der Waals surface area (Å²) in [6.07, 6.45) is 3.27. The number of carbonyl (C=O) groups excluding carboxylic acids is 7. The molecule has 0 saturated carbocycles. The van der Waals surface area contributed by atoms with Gasteiger partial charge in [-0.25, -0.2) is 0 Å². The number of primary amides is 1. The molecule has 432 valence electrons. The third-order valence-corrected chi connectivity index (χ3v) is 13.2. The number of fused-ring (bicyclic) bond motifs is 1. The number of nitrogens with zero attached hydrogens (tertiary/aromatic N) is 3. The summed E-state index contributed by atoms with van der Waals surface area (Å²) in [5.74, 6) is -6.36. The maximum atomic E-state index is 14.9. The monoisotopic (exact) mass is 1110 g/mol. The van der Waals surface area contributed by atoms with E-state index in [4.69, 9.17) is 40.1 Å². The molecule has 7 amide bonds. The van der Waals surface area contributed by atoms with Crippen molar-refractivity contribution in [3.8, 4) is 11.5 Å². The Balaban J connectivity index is 1.47. The maximum absolute atomic E-state index is 14.9. The highest BCUT2D eigenvalue weighted by atomic mass is 16.3. The molecule has 0 bridgehead atoms. The van der Waals surface area contributed by atoms with E-state index in [1.165, 1.54) is 36.4 Å². The number of hydrogen-bond acceptors (Lipinski definition) is 13. The Labute approximate surface area is 462 Å². The summed E-state index contributed by atoms with van der Waals surface area (Å²) in [6, 6.07) is 11.0. The molecule has 27 nitrogen and oxygen atoms in total. The third kappa shape index (κ3) is 20.7. The van der Waals surface area contributed by atoms with E-state index < -0.39 is 77.6 Å². The Hall–Kier alpha value is -9.14. The Morgan fingerprint density at radius 3 is 1.39 bits per heavy atom. The standard InChI is InChI=1S/C53H76N18O9/c54-44(74)38(10-4-22-62-51(55)56)66-50(80)43(27-33-29-65-37-9-2-1-8-36(33)37)71-47(77)40(12-6-24-64-53(59)60)68-48(78)41(25-30-13-17-34(72)18-14-30)70-49(79)42(26-31-15-19-35(73)20-16-31)69-46(76)39(11-5-23-63-52(57)58)67-45(75)32-7-3-21-61-28-32/h1-2,8-9,13-20,29,32,38-43,61,65,72-73H,3-7,10-12,21-28H2,(H2,54,74)(H,66,80)(H,67,75)(H,68,78)(H,69,76)(H,70,79)(H,71,77)(H4,55,56,62)(H4,57,58,63)(H4,59,60,64)/t32?,38-,39-,40-,41-,42-,43-/m0/s1. The van der Waals surface area contributed by atoms with Crippen LogP contribution >= 0.6 is 0 Å². The van der Waals surface area contributed by atoms with Gasteiger partial charge in [-0.05, 0) is 105 Å². The number of nitrogens with one attached hydrogen (secondary N) is 8. The number of piperidine rings is 1. The number of aromatic hydroxyl groups is 2. The highest BCUT2D eigenvalue weighted by Crippen LogP contribution is 2.21. The number of amides is 7. The number of guanidine groups is 3. The van der Waals surface area contributed by atoms with Crippen LogP contribution in [0.5, 0.6) is 11.5 Å². The summed E-state index contributed by atoms with van der Waals surface area (Å²) in [4.78, 5) is 114. The lowest BCUT2D eigenvalue weighted by Gasteiger charge is -2.28.